The number of aliphatic hydroxyl groups excluding tert-OH is 1. The Morgan fingerprint density at radius 1 is 1.11 bits per heavy atom. The lowest BCUT2D eigenvalue weighted by Crippen LogP contribution is -2.52. The van der Waals surface area contributed by atoms with Crippen molar-refractivity contribution < 1.29 is 5.11 Å². The van der Waals surface area contributed by atoms with Crippen molar-refractivity contribution in [2.75, 3.05) is 26.2 Å². The predicted octanol–water partition coefficient (Wildman–Crippen LogP) is 3.00. The maximum Gasteiger partial charge on any atom is 0.0648 e. The summed E-state index contributed by atoms with van der Waals surface area (Å²) in [5.41, 5.74) is 3.78. The van der Waals surface area contributed by atoms with Crippen molar-refractivity contribution in [3.05, 3.63) is 70.7 Å². The molecule has 0 amide bonds. The number of benzene rings is 1. The maximum atomic E-state index is 9.53. The summed E-state index contributed by atoms with van der Waals surface area (Å²) in [4.78, 5) is 5.03. The lowest BCUT2D eigenvalue weighted by molar-refractivity contribution is 0.0500. The largest absolute Gasteiger partial charge is 0.396 e. The topological polar surface area (TPSA) is 44.5 Å². The van der Waals surface area contributed by atoms with Crippen LogP contribution in [-0.4, -0.2) is 57.0 Å². The van der Waals surface area contributed by atoms with Gasteiger partial charge in [0.2, 0.25) is 0 Å². The van der Waals surface area contributed by atoms with Crippen LogP contribution in [0.3, 0.4) is 0 Å². The first-order chi connectivity index (χ1) is 13.3. The fourth-order valence-corrected chi connectivity index (χ4v) is 4.49. The molecule has 0 unspecified atom stereocenters. The third-order valence-corrected chi connectivity index (χ3v) is 5.93. The van der Waals surface area contributed by atoms with Crippen LogP contribution >= 0.6 is 11.3 Å². The van der Waals surface area contributed by atoms with Crippen molar-refractivity contribution in [2.24, 2.45) is 0 Å². The molecular formula is C21H26N4OS. The first kappa shape index (κ1) is 18.4. The molecule has 0 spiro atoms. The van der Waals surface area contributed by atoms with Gasteiger partial charge in [-0.15, -0.1) is 0 Å². The molecule has 1 atom stereocenters. The highest BCUT2D eigenvalue weighted by atomic mass is 32.1. The average Bonchev–Trinajstić information content (AvgIpc) is 3.38. The quantitative estimate of drug-likeness (QED) is 0.682. The molecule has 1 fully saturated rings. The fraction of sp³-hybridized carbons (Fsp3) is 0.381. The molecule has 5 nitrogen and oxygen atoms in total. The lowest BCUT2D eigenvalue weighted by Gasteiger charge is -2.41. The van der Waals surface area contributed by atoms with Crippen molar-refractivity contribution >= 4 is 11.3 Å². The second-order valence-electron chi connectivity index (χ2n) is 7.12. The predicted molar refractivity (Wildman–Crippen MR) is 109 cm³/mol. The van der Waals surface area contributed by atoms with Gasteiger partial charge in [0.05, 0.1) is 5.69 Å². The zero-order valence-electron chi connectivity index (χ0n) is 15.4. The molecule has 6 heteroatoms. The highest BCUT2D eigenvalue weighted by Gasteiger charge is 2.26. The van der Waals surface area contributed by atoms with E-state index in [1.54, 1.807) is 17.5 Å². The van der Waals surface area contributed by atoms with Gasteiger partial charge in [0.25, 0.3) is 0 Å². The second-order valence-corrected chi connectivity index (χ2v) is 7.90. The molecule has 3 aromatic rings. The van der Waals surface area contributed by atoms with Crippen molar-refractivity contribution in [1.82, 2.24) is 19.6 Å². The van der Waals surface area contributed by atoms with Gasteiger partial charge in [0, 0.05) is 57.8 Å². The summed E-state index contributed by atoms with van der Waals surface area (Å²) in [5, 5.41) is 18.2. The monoisotopic (exact) mass is 382 g/mol. The van der Waals surface area contributed by atoms with E-state index in [-0.39, 0.29) is 6.61 Å². The number of rotatable bonds is 7. The van der Waals surface area contributed by atoms with E-state index < -0.39 is 0 Å². The van der Waals surface area contributed by atoms with E-state index in [1.165, 1.54) is 11.1 Å². The van der Waals surface area contributed by atoms with Crippen LogP contribution in [0, 0.1) is 0 Å². The Balaban J connectivity index is 1.41. The Morgan fingerprint density at radius 2 is 2.07 bits per heavy atom. The zero-order valence-corrected chi connectivity index (χ0v) is 16.3. The number of hydrogen-bond acceptors (Lipinski definition) is 5. The molecule has 0 bridgehead atoms. The van der Waals surface area contributed by atoms with Crippen molar-refractivity contribution in [3.63, 3.8) is 0 Å². The SMILES string of the molecule is OCC[C@@H]1CN(Cc2cccc(-n3cccn3)c2)CCN1Cc1ccsc1. The molecule has 1 aliphatic rings. The Bertz CT molecular complexity index is 819. The molecule has 1 N–H and O–H groups in total. The molecule has 0 radical (unpaired) electrons. The van der Waals surface area contributed by atoms with Crippen molar-refractivity contribution in [2.45, 2.75) is 25.6 Å². The van der Waals surface area contributed by atoms with E-state index in [0.717, 1.165) is 44.8 Å². The molecule has 4 rings (SSSR count). The van der Waals surface area contributed by atoms with Gasteiger partial charge in [-0.2, -0.15) is 16.4 Å². The molecule has 142 valence electrons. The van der Waals surface area contributed by atoms with Gasteiger partial charge >= 0.3 is 0 Å². The number of thiophene rings is 1. The Hall–Kier alpha value is -1.99. The highest BCUT2D eigenvalue weighted by molar-refractivity contribution is 7.07. The van der Waals surface area contributed by atoms with Gasteiger partial charge in [-0.1, -0.05) is 12.1 Å². The Labute approximate surface area is 164 Å². The number of piperazine rings is 1. The minimum absolute atomic E-state index is 0.243. The van der Waals surface area contributed by atoms with E-state index in [9.17, 15) is 5.11 Å². The number of nitrogens with zero attached hydrogens (tertiary/aromatic N) is 4. The second kappa shape index (κ2) is 8.80. The molecule has 2 aromatic heterocycles. The van der Waals surface area contributed by atoms with Crippen molar-refractivity contribution in [1.29, 1.82) is 0 Å². The molecule has 1 aromatic carbocycles. The third-order valence-electron chi connectivity index (χ3n) is 5.20. The van der Waals surface area contributed by atoms with Gasteiger partial charge in [-0.25, -0.2) is 4.68 Å². The molecular weight excluding hydrogens is 356 g/mol. The summed E-state index contributed by atoms with van der Waals surface area (Å²) >= 11 is 1.75. The van der Waals surface area contributed by atoms with Crippen LogP contribution in [0.25, 0.3) is 5.69 Å². The van der Waals surface area contributed by atoms with Crippen LogP contribution in [0.15, 0.2) is 59.6 Å². The van der Waals surface area contributed by atoms with Crippen LogP contribution in [0.5, 0.6) is 0 Å². The van der Waals surface area contributed by atoms with E-state index >= 15 is 0 Å². The summed E-state index contributed by atoms with van der Waals surface area (Å²) in [6, 6.07) is 13.1. The Morgan fingerprint density at radius 3 is 2.85 bits per heavy atom. The van der Waals surface area contributed by atoms with E-state index in [2.05, 4.69) is 56.0 Å². The first-order valence-corrected chi connectivity index (χ1v) is 10.4. The van der Waals surface area contributed by atoms with Gasteiger partial charge < -0.3 is 5.11 Å². The lowest BCUT2D eigenvalue weighted by atomic mass is 10.1. The van der Waals surface area contributed by atoms with Gasteiger partial charge in [-0.05, 0) is 52.6 Å². The third kappa shape index (κ3) is 4.65. The van der Waals surface area contributed by atoms with Crippen LogP contribution < -0.4 is 0 Å². The van der Waals surface area contributed by atoms with Crippen LogP contribution in [-0.2, 0) is 13.1 Å². The molecule has 0 saturated carbocycles. The summed E-state index contributed by atoms with van der Waals surface area (Å²) in [6.07, 6.45) is 4.60. The molecule has 1 saturated heterocycles. The number of aliphatic hydroxyl groups is 1. The van der Waals surface area contributed by atoms with Crippen LogP contribution in [0.2, 0.25) is 0 Å². The summed E-state index contributed by atoms with van der Waals surface area (Å²) in [5.74, 6) is 0. The smallest absolute Gasteiger partial charge is 0.0648 e. The average molecular weight is 383 g/mol. The minimum Gasteiger partial charge on any atom is -0.396 e. The van der Waals surface area contributed by atoms with E-state index in [1.807, 2.05) is 16.9 Å². The highest BCUT2D eigenvalue weighted by Crippen LogP contribution is 2.20. The number of aromatic nitrogens is 2. The summed E-state index contributed by atoms with van der Waals surface area (Å²) < 4.78 is 1.90. The van der Waals surface area contributed by atoms with Gasteiger partial charge in [-0.3, -0.25) is 9.80 Å². The zero-order chi connectivity index (χ0) is 18.5. The maximum absolute atomic E-state index is 9.53. The summed E-state index contributed by atoms with van der Waals surface area (Å²) in [6.45, 7) is 5.25. The fourth-order valence-electron chi connectivity index (χ4n) is 3.83. The van der Waals surface area contributed by atoms with Gasteiger partial charge in [0.1, 0.15) is 0 Å². The van der Waals surface area contributed by atoms with Gasteiger partial charge in [0.15, 0.2) is 0 Å². The molecule has 3 heterocycles. The minimum atomic E-state index is 0.243. The molecule has 1 aliphatic heterocycles. The van der Waals surface area contributed by atoms with E-state index in [4.69, 9.17) is 0 Å². The standard InChI is InChI=1S/C21H26N4OS/c26-11-5-21-16-23(9-10-24(21)15-19-6-12-27-17-19)14-18-3-1-4-20(13-18)25-8-2-7-22-25/h1-4,6-8,12-13,17,21,26H,5,9-11,14-16H2/t21-/m1/s1. The molecule has 0 aliphatic carbocycles. The van der Waals surface area contributed by atoms with Crippen molar-refractivity contribution in [3.8, 4) is 5.69 Å². The molecule has 27 heavy (non-hydrogen) atoms. The first-order valence-electron chi connectivity index (χ1n) is 9.49. The van der Waals surface area contributed by atoms with Crippen LogP contribution in [0.4, 0.5) is 0 Å². The van der Waals surface area contributed by atoms with E-state index in [0.29, 0.717) is 6.04 Å². The summed E-state index contributed by atoms with van der Waals surface area (Å²) in [7, 11) is 0. The number of hydrogen-bond donors (Lipinski definition) is 1. The Kier molecular flexibility index (Phi) is 5.99. The van der Waals surface area contributed by atoms with Crippen LogP contribution in [0.1, 0.15) is 17.5 Å². The normalized spacial score (nSPS) is 18.8.